The Morgan fingerprint density at radius 2 is 2.13 bits per heavy atom. The van der Waals surface area contributed by atoms with E-state index in [1.807, 2.05) is 39.0 Å². The van der Waals surface area contributed by atoms with Gasteiger partial charge in [-0.3, -0.25) is 9.59 Å². The highest BCUT2D eigenvalue weighted by Crippen LogP contribution is 2.25. The van der Waals surface area contributed by atoms with E-state index in [2.05, 4.69) is 10.4 Å². The molecule has 0 bridgehead atoms. The number of nitrogens with one attached hydrogen (secondary N) is 1. The van der Waals surface area contributed by atoms with Crippen LogP contribution in [-0.4, -0.2) is 37.3 Å². The second-order valence-electron chi connectivity index (χ2n) is 5.87. The van der Waals surface area contributed by atoms with Crippen molar-refractivity contribution in [3.8, 4) is 0 Å². The molecule has 1 aliphatic rings. The summed E-state index contributed by atoms with van der Waals surface area (Å²) in [6.45, 7) is 6.17. The van der Waals surface area contributed by atoms with Gasteiger partial charge in [-0.2, -0.15) is 5.10 Å². The summed E-state index contributed by atoms with van der Waals surface area (Å²) in [6.07, 6.45) is 0.629. The zero-order chi connectivity index (χ0) is 17.0. The molecule has 0 aliphatic carbocycles. The molecule has 124 valence electrons. The Labute approximate surface area is 136 Å². The summed E-state index contributed by atoms with van der Waals surface area (Å²) in [5.74, 6) is -0.349. The molecule has 1 heterocycles. The maximum absolute atomic E-state index is 12.3. The number of aryl methyl sites for hydroxylation is 2. The average molecular weight is 317 g/mol. The van der Waals surface area contributed by atoms with Crippen LogP contribution < -0.4 is 10.3 Å². The number of anilines is 1. The first-order chi connectivity index (χ1) is 10.9. The van der Waals surface area contributed by atoms with E-state index < -0.39 is 0 Å². The van der Waals surface area contributed by atoms with E-state index in [0.29, 0.717) is 18.7 Å². The Balaban J connectivity index is 2.24. The summed E-state index contributed by atoms with van der Waals surface area (Å²) in [5, 5.41) is 8.48. The quantitative estimate of drug-likeness (QED) is 0.902. The molecule has 1 unspecified atom stereocenters. The van der Waals surface area contributed by atoms with Crippen LogP contribution in [0.4, 0.5) is 5.69 Å². The third kappa shape index (κ3) is 4.16. The van der Waals surface area contributed by atoms with Crippen molar-refractivity contribution in [2.45, 2.75) is 39.7 Å². The largest absolute Gasteiger partial charge is 0.383 e. The predicted molar refractivity (Wildman–Crippen MR) is 89.6 cm³/mol. The second kappa shape index (κ2) is 7.37. The van der Waals surface area contributed by atoms with E-state index in [0.717, 1.165) is 16.8 Å². The molecule has 0 fully saturated rings. The molecule has 1 aromatic rings. The third-order valence-corrected chi connectivity index (χ3v) is 3.68. The Kier molecular flexibility index (Phi) is 5.50. The van der Waals surface area contributed by atoms with Crippen molar-refractivity contribution in [2.75, 3.05) is 18.7 Å². The Morgan fingerprint density at radius 3 is 2.83 bits per heavy atom. The van der Waals surface area contributed by atoms with Crippen molar-refractivity contribution in [1.82, 2.24) is 5.32 Å². The number of rotatable bonds is 5. The molecule has 23 heavy (non-hydrogen) atoms. The van der Waals surface area contributed by atoms with Gasteiger partial charge in [0.05, 0.1) is 12.3 Å². The van der Waals surface area contributed by atoms with E-state index in [9.17, 15) is 9.59 Å². The number of benzene rings is 1. The molecular formula is C17H23N3O3. The normalized spacial score (nSPS) is 16.1. The van der Waals surface area contributed by atoms with E-state index in [1.165, 1.54) is 5.01 Å². The first kappa shape index (κ1) is 17.1. The van der Waals surface area contributed by atoms with Crippen LogP contribution in [0.3, 0.4) is 0 Å². The van der Waals surface area contributed by atoms with Crippen LogP contribution in [0.25, 0.3) is 0 Å². The third-order valence-electron chi connectivity index (χ3n) is 3.68. The molecule has 1 N–H and O–H groups in total. The van der Waals surface area contributed by atoms with Gasteiger partial charge in [-0.1, -0.05) is 12.1 Å². The van der Waals surface area contributed by atoms with Crippen LogP contribution in [0.1, 0.15) is 30.9 Å². The minimum atomic E-state index is -0.252. The summed E-state index contributed by atoms with van der Waals surface area (Å²) < 4.78 is 5.01. The molecule has 1 aliphatic heterocycles. The molecule has 6 heteroatoms. The van der Waals surface area contributed by atoms with Crippen LogP contribution >= 0.6 is 0 Å². The smallest absolute Gasteiger partial charge is 0.267 e. The maximum Gasteiger partial charge on any atom is 0.267 e. The fourth-order valence-corrected chi connectivity index (χ4v) is 2.45. The molecule has 1 atom stereocenters. The second-order valence-corrected chi connectivity index (χ2v) is 5.87. The molecule has 0 spiro atoms. The summed E-state index contributed by atoms with van der Waals surface area (Å²) in [6, 6.07) is 5.73. The van der Waals surface area contributed by atoms with Crippen LogP contribution in [0.5, 0.6) is 0 Å². The number of nitrogens with zero attached hydrogens (tertiary/aromatic N) is 2. The van der Waals surface area contributed by atoms with Gasteiger partial charge in [-0.05, 0) is 38.0 Å². The SMILES string of the molecule is COCC(C)NC(=O)C1=NN(c2cc(C)ccc2C)C(=O)CC1. The standard InChI is InChI=1S/C17H23N3O3/c1-11-5-6-12(2)15(9-11)20-16(21)8-7-14(19-20)17(22)18-13(3)10-23-4/h5-6,9,13H,7-8,10H2,1-4H3,(H,18,22). The zero-order valence-electron chi connectivity index (χ0n) is 14.0. The minimum absolute atomic E-state index is 0.0970. The molecule has 0 saturated carbocycles. The van der Waals surface area contributed by atoms with E-state index >= 15 is 0 Å². The number of ether oxygens (including phenoxy) is 1. The molecule has 6 nitrogen and oxygen atoms in total. The maximum atomic E-state index is 12.3. The van der Waals surface area contributed by atoms with E-state index in [-0.39, 0.29) is 24.3 Å². The molecule has 2 rings (SSSR count). The molecule has 0 radical (unpaired) electrons. The van der Waals surface area contributed by atoms with Crippen molar-refractivity contribution >= 4 is 23.2 Å². The van der Waals surface area contributed by atoms with E-state index in [4.69, 9.17) is 4.74 Å². The minimum Gasteiger partial charge on any atom is -0.383 e. The van der Waals surface area contributed by atoms with Gasteiger partial charge in [-0.15, -0.1) is 0 Å². The summed E-state index contributed by atoms with van der Waals surface area (Å²) in [7, 11) is 1.59. The predicted octanol–water partition coefficient (Wildman–Crippen LogP) is 1.94. The lowest BCUT2D eigenvalue weighted by atomic mass is 10.1. The van der Waals surface area contributed by atoms with Gasteiger partial charge in [0.1, 0.15) is 5.71 Å². The van der Waals surface area contributed by atoms with Gasteiger partial charge in [0.2, 0.25) is 5.91 Å². The molecular weight excluding hydrogens is 294 g/mol. The number of hydrazone groups is 1. The average Bonchev–Trinajstić information content (AvgIpc) is 2.50. The van der Waals surface area contributed by atoms with Crippen LogP contribution in [0.2, 0.25) is 0 Å². The number of amides is 2. The summed E-state index contributed by atoms with van der Waals surface area (Å²) in [4.78, 5) is 24.5. The van der Waals surface area contributed by atoms with Crippen molar-refractivity contribution in [1.29, 1.82) is 0 Å². The summed E-state index contributed by atoms with van der Waals surface area (Å²) >= 11 is 0. The first-order valence-corrected chi connectivity index (χ1v) is 7.70. The van der Waals surface area contributed by atoms with Gasteiger partial charge >= 0.3 is 0 Å². The van der Waals surface area contributed by atoms with Crippen LogP contribution in [0, 0.1) is 13.8 Å². The Morgan fingerprint density at radius 1 is 1.39 bits per heavy atom. The highest BCUT2D eigenvalue weighted by Gasteiger charge is 2.27. The van der Waals surface area contributed by atoms with Gasteiger partial charge < -0.3 is 10.1 Å². The molecule has 0 saturated heterocycles. The number of carbonyl (C=O) groups excluding carboxylic acids is 2. The Hall–Kier alpha value is -2.21. The number of methoxy groups -OCH3 is 1. The van der Waals surface area contributed by atoms with Gasteiger partial charge in [-0.25, -0.2) is 5.01 Å². The Bertz CT molecular complexity index is 640. The molecule has 0 aromatic heterocycles. The monoisotopic (exact) mass is 317 g/mol. The van der Waals surface area contributed by atoms with Gasteiger partial charge in [0.25, 0.3) is 5.91 Å². The number of hydrogen-bond acceptors (Lipinski definition) is 4. The van der Waals surface area contributed by atoms with Gasteiger partial charge in [0.15, 0.2) is 0 Å². The van der Waals surface area contributed by atoms with Crippen LogP contribution in [0.15, 0.2) is 23.3 Å². The lowest BCUT2D eigenvalue weighted by molar-refractivity contribution is -0.119. The lowest BCUT2D eigenvalue weighted by Crippen LogP contribution is -2.43. The topological polar surface area (TPSA) is 71.0 Å². The van der Waals surface area contributed by atoms with Gasteiger partial charge in [0, 0.05) is 26.0 Å². The highest BCUT2D eigenvalue weighted by atomic mass is 16.5. The van der Waals surface area contributed by atoms with Crippen molar-refractivity contribution in [2.24, 2.45) is 5.10 Å². The van der Waals surface area contributed by atoms with Crippen LogP contribution in [-0.2, 0) is 14.3 Å². The van der Waals surface area contributed by atoms with Crippen molar-refractivity contribution < 1.29 is 14.3 Å². The highest BCUT2D eigenvalue weighted by molar-refractivity contribution is 6.40. The fraction of sp³-hybridized carbons (Fsp3) is 0.471. The fourth-order valence-electron chi connectivity index (χ4n) is 2.45. The number of hydrogen-bond donors (Lipinski definition) is 1. The zero-order valence-corrected chi connectivity index (χ0v) is 14.0. The summed E-state index contributed by atoms with van der Waals surface area (Å²) in [5.41, 5.74) is 3.08. The van der Waals surface area contributed by atoms with Crippen molar-refractivity contribution in [3.05, 3.63) is 29.3 Å². The van der Waals surface area contributed by atoms with Crippen molar-refractivity contribution in [3.63, 3.8) is 0 Å². The number of carbonyl (C=O) groups is 2. The lowest BCUT2D eigenvalue weighted by Gasteiger charge is -2.25. The molecule has 2 amide bonds. The molecule has 1 aromatic carbocycles. The first-order valence-electron chi connectivity index (χ1n) is 7.70. The van der Waals surface area contributed by atoms with E-state index in [1.54, 1.807) is 7.11 Å².